The highest BCUT2D eigenvalue weighted by Crippen LogP contribution is 2.62. The van der Waals surface area contributed by atoms with Gasteiger partial charge in [0.1, 0.15) is 30.0 Å². The molecule has 1 aliphatic heterocycles. The Kier molecular flexibility index (Phi) is 12.9. The van der Waals surface area contributed by atoms with E-state index in [1.165, 1.54) is 12.1 Å². The minimum Gasteiger partial charge on any atom is -0.508 e. The first-order valence-electron chi connectivity index (χ1n) is 17.9. The van der Waals surface area contributed by atoms with Crippen LogP contribution in [0.1, 0.15) is 75.8 Å². The number of ether oxygens (including phenoxy) is 3. The van der Waals surface area contributed by atoms with Crippen molar-refractivity contribution in [2.45, 2.75) is 83.1 Å². The van der Waals surface area contributed by atoms with Gasteiger partial charge in [0.25, 0.3) is 0 Å². The van der Waals surface area contributed by atoms with Gasteiger partial charge >= 0.3 is 6.09 Å². The Hall–Kier alpha value is -3.93. The topological polar surface area (TPSA) is 130 Å². The highest BCUT2D eigenvalue weighted by molar-refractivity contribution is 6.02. The standard InChI is InChI=1S/C39H51FN2O8/c1-4-21-48-39-35(42(38(46)47-5-2)25-26-13-15-28(40)16-14-26)24-33(41-49-6-3)31-22-27(11-7-9-19-43)30(12-8-10-20-44)36(37(31)39)32-23-29(45)17-18-34(32)50-39/h4,13-18,22-23,27,30,35-37,43-45H,1,5-12,19-21,24-25H2,2-3H3. The molecule has 6 unspecified atom stereocenters. The molecular formula is C39H51FN2O8. The van der Waals surface area contributed by atoms with Gasteiger partial charge in [-0.05, 0) is 92.8 Å². The molecule has 3 N–H and O–H groups in total. The van der Waals surface area contributed by atoms with Crippen LogP contribution in [0.2, 0.25) is 0 Å². The normalized spacial score (nSPS) is 25.9. The van der Waals surface area contributed by atoms with E-state index in [0.717, 1.165) is 36.8 Å². The lowest BCUT2D eigenvalue weighted by Crippen LogP contribution is -2.70. The van der Waals surface area contributed by atoms with Crippen molar-refractivity contribution in [1.82, 2.24) is 4.90 Å². The van der Waals surface area contributed by atoms with Crippen LogP contribution in [-0.2, 0) is 20.9 Å². The third-order valence-electron chi connectivity index (χ3n) is 10.1. The summed E-state index contributed by atoms with van der Waals surface area (Å²) in [6.07, 6.45) is 8.04. The number of allylic oxidation sites excluding steroid dienone is 1. The number of aliphatic hydroxyl groups excluding tert-OH is 2. The lowest BCUT2D eigenvalue weighted by atomic mass is 9.55. The second kappa shape index (κ2) is 17.3. The minimum atomic E-state index is -1.46. The van der Waals surface area contributed by atoms with Gasteiger partial charge in [0.05, 0.1) is 24.8 Å². The van der Waals surface area contributed by atoms with E-state index < -0.39 is 23.8 Å². The zero-order chi connectivity index (χ0) is 35.7. The fourth-order valence-electron chi connectivity index (χ4n) is 8.10. The predicted octanol–water partition coefficient (Wildman–Crippen LogP) is 6.84. The van der Waals surface area contributed by atoms with Gasteiger partial charge < -0.3 is 34.4 Å². The van der Waals surface area contributed by atoms with E-state index in [2.05, 4.69) is 17.8 Å². The zero-order valence-electron chi connectivity index (χ0n) is 29.1. The first kappa shape index (κ1) is 37.3. The molecule has 0 saturated heterocycles. The van der Waals surface area contributed by atoms with E-state index in [1.54, 1.807) is 48.2 Å². The van der Waals surface area contributed by atoms with Gasteiger partial charge in [0.2, 0.25) is 5.79 Å². The molecule has 0 aromatic heterocycles. The Morgan fingerprint density at radius 3 is 2.50 bits per heavy atom. The van der Waals surface area contributed by atoms with Crippen LogP contribution in [0.3, 0.4) is 0 Å². The Labute approximate surface area is 294 Å². The summed E-state index contributed by atoms with van der Waals surface area (Å²) in [7, 11) is 0. The number of aromatic hydroxyl groups is 1. The molecule has 6 atom stereocenters. The van der Waals surface area contributed by atoms with E-state index in [-0.39, 0.29) is 68.7 Å². The molecule has 0 bridgehead atoms. The number of carbonyl (C=O) groups is 1. The highest BCUT2D eigenvalue weighted by atomic mass is 19.1. The van der Waals surface area contributed by atoms with E-state index in [1.807, 2.05) is 6.92 Å². The Morgan fingerprint density at radius 2 is 1.82 bits per heavy atom. The van der Waals surface area contributed by atoms with Crippen LogP contribution in [-0.4, -0.2) is 76.9 Å². The molecule has 1 amide bonds. The monoisotopic (exact) mass is 694 g/mol. The number of phenols is 1. The number of hydrogen-bond donors (Lipinski definition) is 3. The van der Waals surface area contributed by atoms with E-state index in [9.17, 15) is 24.5 Å². The fraction of sp³-hybridized carbons (Fsp3) is 0.538. The molecule has 2 aliphatic carbocycles. The van der Waals surface area contributed by atoms with Crippen LogP contribution in [0.4, 0.5) is 9.18 Å². The maximum Gasteiger partial charge on any atom is 0.410 e. The molecule has 1 saturated carbocycles. The third-order valence-corrected chi connectivity index (χ3v) is 10.1. The number of oxime groups is 1. The quantitative estimate of drug-likeness (QED) is 0.0933. The van der Waals surface area contributed by atoms with Crippen molar-refractivity contribution >= 4 is 11.8 Å². The lowest BCUT2D eigenvalue weighted by Gasteiger charge is -2.59. The number of halogens is 1. The van der Waals surface area contributed by atoms with Crippen LogP contribution >= 0.6 is 0 Å². The summed E-state index contributed by atoms with van der Waals surface area (Å²) in [6.45, 7) is 8.38. The van der Waals surface area contributed by atoms with Gasteiger partial charge in [0, 0.05) is 37.7 Å². The summed E-state index contributed by atoms with van der Waals surface area (Å²) in [5.41, 5.74) is 3.08. The molecule has 2 aromatic carbocycles. The van der Waals surface area contributed by atoms with Crippen LogP contribution in [0.5, 0.6) is 11.5 Å². The van der Waals surface area contributed by atoms with Crippen molar-refractivity contribution in [1.29, 1.82) is 0 Å². The van der Waals surface area contributed by atoms with E-state index in [4.69, 9.17) is 19.0 Å². The van der Waals surface area contributed by atoms with Crippen LogP contribution < -0.4 is 4.74 Å². The van der Waals surface area contributed by atoms with Crippen LogP contribution in [0, 0.1) is 23.6 Å². The first-order chi connectivity index (χ1) is 24.3. The molecule has 11 heteroatoms. The molecule has 0 spiro atoms. The van der Waals surface area contributed by atoms with Gasteiger partial charge in [-0.25, -0.2) is 9.18 Å². The van der Waals surface area contributed by atoms with Crippen molar-refractivity contribution in [3.8, 4) is 11.5 Å². The number of aliphatic hydroxyl groups is 2. The van der Waals surface area contributed by atoms with Crippen molar-refractivity contribution in [2.75, 3.05) is 33.0 Å². The van der Waals surface area contributed by atoms with Crippen LogP contribution in [0.25, 0.3) is 0 Å². The Morgan fingerprint density at radius 1 is 1.08 bits per heavy atom. The minimum absolute atomic E-state index is 0.0328. The molecule has 1 fully saturated rings. The first-order valence-corrected chi connectivity index (χ1v) is 17.9. The number of benzene rings is 2. The number of amides is 1. The highest BCUT2D eigenvalue weighted by Gasteiger charge is 2.65. The number of unbranched alkanes of at least 4 members (excludes halogenated alkanes) is 2. The number of nitrogens with zero attached hydrogens (tertiary/aromatic N) is 2. The second-order valence-electron chi connectivity index (χ2n) is 13.2. The lowest BCUT2D eigenvalue weighted by molar-refractivity contribution is -0.256. The molecule has 1 heterocycles. The van der Waals surface area contributed by atoms with E-state index in [0.29, 0.717) is 36.5 Å². The largest absolute Gasteiger partial charge is 0.508 e. The van der Waals surface area contributed by atoms with Gasteiger partial charge in [-0.1, -0.05) is 42.3 Å². The van der Waals surface area contributed by atoms with Crippen LogP contribution in [0.15, 0.2) is 71.9 Å². The SMILES string of the molecule is C=CCOC12Oc3ccc(O)cc3C3C(CCCCO)C(CCCCO)C=C(C(=NOCC)CC1N(Cc1ccc(F)cc1)C(=O)OCC)C32. The van der Waals surface area contributed by atoms with Gasteiger partial charge in [-0.15, -0.1) is 6.58 Å². The average Bonchev–Trinajstić information content (AvgIpc) is 3.11. The van der Waals surface area contributed by atoms with Crippen molar-refractivity contribution in [2.24, 2.45) is 22.9 Å². The summed E-state index contributed by atoms with van der Waals surface area (Å²) in [5.74, 6) is -1.85. The smallest absolute Gasteiger partial charge is 0.410 e. The summed E-state index contributed by atoms with van der Waals surface area (Å²) >= 11 is 0. The number of fused-ring (bicyclic) bond motifs is 2. The maximum atomic E-state index is 14.0. The molecule has 3 aliphatic rings. The number of carbonyl (C=O) groups excluding carboxylic acids is 1. The number of phenolic OH excluding ortho intramolecular Hbond substituents is 1. The number of hydrogen-bond acceptors (Lipinski definition) is 9. The Bertz CT molecular complexity index is 1510. The zero-order valence-corrected chi connectivity index (χ0v) is 29.1. The van der Waals surface area contributed by atoms with Gasteiger partial charge in [-0.3, -0.25) is 4.90 Å². The van der Waals surface area contributed by atoms with Crippen molar-refractivity contribution in [3.05, 3.63) is 83.7 Å². The van der Waals surface area contributed by atoms with Gasteiger partial charge in [0.15, 0.2) is 0 Å². The van der Waals surface area contributed by atoms with E-state index >= 15 is 0 Å². The molecular weight excluding hydrogens is 643 g/mol. The summed E-state index contributed by atoms with van der Waals surface area (Å²) in [4.78, 5) is 21.4. The molecule has 5 rings (SSSR count). The molecule has 2 aromatic rings. The average molecular weight is 695 g/mol. The molecule has 10 nitrogen and oxygen atoms in total. The van der Waals surface area contributed by atoms with Crippen molar-refractivity contribution in [3.63, 3.8) is 0 Å². The molecule has 272 valence electrons. The molecule has 50 heavy (non-hydrogen) atoms. The summed E-state index contributed by atoms with van der Waals surface area (Å²) in [5, 5.41) is 34.9. The van der Waals surface area contributed by atoms with Gasteiger partial charge in [-0.2, -0.15) is 0 Å². The summed E-state index contributed by atoms with van der Waals surface area (Å²) < 4.78 is 33.6. The maximum absolute atomic E-state index is 14.0. The van der Waals surface area contributed by atoms with Crippen molar-refractivity contribution < 1.29 is 43.6 Å². The molecule has 0 radical (unpaired) electrons. The number of rotatable bonds is 17. The third kappa shape index (κ3) is 7.85. The fourth-order valence-corrected chi connectivity index (χ4v) is 8.10. The predicted molar refractivity (Wildman–Crippen MR) is 187 cm³/mol. The Balaban J connectivity index is 1.77. The second-order valence-corrected chi connectivity index (χ2v) is 13.2. The summed E-state index contributed by atoms with van der Waals surface area (Å²) in [6, 6.07) is 10.3.